The molecule has 0 aromatic heterocycles. The molecule has 5 nitrogen and oxygen atoms in total. The second kappa shape index (κ2) is 5.72. The first-order chi connectivity index (χ1) is 9.46. The Labute approximate surface area is 121 Å². The quantitative estimate of drug-likeness (QED) is 0.795. The summed E-state index contributed by atoms with van der Waals surface area (Å²) in [5, 5.41) is 2.96. The van der Waals surface area contributed by atoms with Crippen molar-refractivity contribution in [2.45, 2.75) is 51.6 Å². The molecule has 5 heteroatoms. The van der Waals surface area contributed by atoms with Gasteiger partial charge >= 0.3 is 0 Å². The summed E-state index contributed by atoms with van der Waals surface area (Å²) in [7, 11) is 1.62. The summed E-state index contributed by atoms with van der Waals surface area (Å²) in [6.45, 7) is 6.91. The highest BCUT2D eigenvalue weighted by atomic mass is 16.5. The molecular formula is C15H26N2O3. The molecule has 1 saturated carbocycles. The van der Waals surface area contributed by atoms with Crippen molar-refractivity contribution >= 4 is 11.8 Å². The molecule has 1 N–H and O–H groups in total. The zero-order valence-corrected chi connectivity index (χ0v) is 12.9. The van der Waals surface area contributed by atoms with Gasteiger partial charge in [-0.2, -0.15) is 0 Å². The molecule has 0 aromatic carbocycles. The number of carbonyl (C=O) groups is 2. The van der Waals surface area contributed by atoms with E-state index >= 15 is 0 Å². The van der Waals surface area contributed by atoms with E-state index in [9.17, 15) is 9.59 Å². The number of methoxy groups -OCH3 is 1. The predicted molar refractivity (Wildman–Crippen MR) is 76.1 cm³/mol. The van der Waals surface area contributed by atoms with Gasteiger partial charge in [0.2, 0.25) is 11.8 Å². The first kappa shape index (κ1) is 15.3. The molecule has 3 unspecified atom stereocenters. The maximum atomic E-state index is 12.8. The Hall–Kier alpha value is -1.10. The van der Waals surface area contributed by atoms with E-state index in [1.54, 1.807) is 12.0 Å². The zero-order valence-electron chi connectivity index (χ0n) is 12.9. The Morgan fingerprint density at radius 3 is 2.60 bits per heavy atom. The number of rotatable bonds is 6. The molecule has 1 saturated heterocycles. The fourth-order valence-electron chi connectivity index (χ4n) is 3.07. The van der Waals surface area contributed by atoms with Crippen molar-refractivity contribution in [3.8, 4) is 0 Å². The molecular weight excluding hydrogens is 256 g/mol. The van der Waals surface area contributed by atoms with Gasteiger partial charge in [0.1, 0.15) is 11.6 Å². The second-order valence-corrected chi connectivity index (χ2v) is 6.24. The average molecular weight is 282 g/mol. The normalized spacial score (nSPS) is 32.2. The maximum absolute atomic E-state index is 12.8. The summed E-state index contributed by atoms with van der Waals surface area (Å²) in [5.41, 5.74) is -0.695. The Balaban J connectivity index is 2.26. The molecule has 114 valence electrons. The molecule has 2 fully saturated rings. The van der Waals surface area contributed by atoms with Crippen molar-refractivity contribution in [1.29, 1.82) is 0 Å². The fourth-order valence-corrected chi connectivity index (χ4v) is 3.07. The Morgan fingerprint density at radius 2 is 2.10 bits per heavy atom. The van der Waals surface area contributed by atoms with Gasteiger partial charge in [0.25, 0.3) is 0 Å². The molecule has 0 radical (unpaired) electrons. The Kier molecular flexibility index (Phi) is 4.37. The Bertz CT molecular complexity index is 395. The molecule has 1 aliphatic heterocycles. The van der Waals surface area contributed by atoms with Crippen molar-refractivity contribution in [3.05, 3.63) is 0 Å². The second-order valence-electron chi connectivity index (χ2n) is 6.24. The van der Waals surface area contributed by atoms with E-state index in [1.807, 2.05) is 20.8 Å². The third-order valence-corrected chi connectivity index (χ3v) is 4.94. The summed E-state index contributed by atoms with van der Waals surface area (Å²) >= 11 is 0. The van der Waals surface area contributed by atoms with Crippen LogP contribution in [0.1, 0.15) is 40.0 Å². The summed E-state index contributed by atoms with van der Waals surface area (Å²) in [5.74, 6) is 0.493. The van der Waals surface area contributed by atoms with Crippen LogP contribution < -0.4 is 5.32 Å². The van der Waals surface area contributed by atoms with E-state index in [4.69, 9.17) is 4.74 Å². The zero-order chi connectivity index (χ0) is 14.9. The van der Waals surface area contributed by atoms with Crippen molar-refractivity contribution in [2.75, 3.05) is 20.3 Å². The number of hydrogen-bond acceptors (Lipinski definition) is 3. The van der Waals surface area contributed by atoms with Crippen LogP contribution in [-0.2, 0) is 14.3 Å². The maximum Gasteiger partial charge on any atom is 0.246 e. The highest BCUT2D eigenvalue weighted by molar-refractivity contribution is 6.00. The lowest BCUT2D eigenvalue weighted by atomic mass is 9.85. The van der Waals surface area contributed by atoms with Crippen LogP contribution in [0.2, 0.25) is 0 Å². The molecule has 20 heavy (non-hydrogen) atoms. The third-order valence-electron chi connectivity index (χ3n) is 4.94. The van der Waals surface area contributed by atoms with Gasteiger partial charge in [-0.05, 0) is 31.6 Å². The van der Waals surface area contributed by atoms with Gasteiger partial charge in [-0.3, -0.25) is 9.59 Å². The number of hydrogen-bond donors (Lipinski definition) is 1. The summed E-state index contributed by atoms with van der Waals surface area (Å²) in [6, 6.07) is -0.392. The van der Waals surface area contributed by atoms with Gasteiger partial charge in [-0.15, -0.1) is 0 Å². The first-order valence-electron chi connectivity index (χ1n) is 7.58. The standard InChI is InChI=1S/C15H26N2O3/c1-5-10(2)12-13(18)17(8-9-20-4)15(3,11-6-7-11)14(19)16-12/h10-12H,5-9H2,1-4H3,(H,16,19). The average Bonchev–Trinajstić information content (AvgIpc) is 3.26. The smallest absolute Gasteiger partial charge is 0.246 e. The van der Waals surface area contributed by atoms with Gasteiger partial charge in [0.05, 0.1) is 6.61 Å². The molecule has 3 atom stereocenters. The number of piperazine rings is 1. The highest BCUT2D eigenvalue weighted by Crippen LogP contribution is 2.45. The van der Waals surface area contributed by atoms with E-state index in [-0.39, 0.29) is 17.7 Å². The Morgan fingerprint density at radius 1 is 1.45 bits per heavy atom. The van der Waals surface area contributed by atoms with Crippen LogP contribution in [0.5, 0.6) is 0 Å². The minimum absolute atomic E-state index is 0.000929. The molecule has 2 aliphatic rings. The predicted octanol–water partition coefficient (Wildman–Crippen LogP) is 1.17. The van der Waals surface area contributed by atoms with Crippen molar-refractivity contribution in [1.82, 2.24) is 10.2 Å². The van der Waals surface area contributed by atoms with Crippen LogP contribution in [0.3, 0.4) is 0 Å². The minimum Gasteiger partial charge on any atom is -0.383 e. The summed E-state index contributed by atoms with van der Waals surface area (Å²) in [6.07, 6.45) is 2.91. The van der Waals surface area contributed by atoms with E-state index in [2.05, 4.69) is 5.32 Å². The van der Waals surface area contributed by atoms with E-state index in [0.717, 1.165) is 19.3 Å². The fraction of sp³-hybridized carbons (Fsp3) is 0.867. The van der Waals surface area contributed by atoms with Crippen molar-refractivity contribution < 1.29 is 14.3 Å². The topological polar surface area (TPSA) is 58.6 Å². The molecule has 1 aliphatic carbocycles. The largest absolute Gasteiger partial charge is 0.383 e. The lowest BCUT2D eigenvalue weighted by Crippen LogP contribution is -2.71. The van der Waals surface area contributed by atoms with Crippen LogP contribution in [0, 0.1) is 11.8 Å². The number of amides is 2. The van der Waals surface area contributed by atoms with Crippen LogP contribution in [0.4, 0.5) is 0 Å². The highest BCUT2D eigenvalue weighted by Gasteiger charge is 2.57. The lowest BCUT2D eigenvalue weighted by molar-refractivity contribution is -0.160. The summed E-state index contributed by atoms with van der Waals surface area (Å²) in [4.78, 5) is 27.2. The number of nitrogens with zero attached hydrogens (tertiary/aromatic N) is 1. The molecule has 1 heterocycles. The van der Waals surface area contributed by atoms with Gasteiger partial charge < -0.3 is 15.0 Å². The molecule has 2 rings (SSSR count). The van der Waals surface area contributed by atoms with Crippen molar-refractivity contribution in [3.63, 3.8) is 0 Å². The van der Waals surface area contributed by atoms with Crippen LogP contribution in [0.25, 0.3) is 0 Å². The minimum atomic E-state index is -0.695. The number of ether oxygens (including phenoxy) is 1. The van der Waals surface area contributed by atoms with Crippen LogP contribution in [0.15, 0.2) is 0 Å². The SMILES string of the molecule is CCC(C)C1NC(=O)C(C)(C2CC2)N(CCOC)C1=O. The molecule has 2 amide bonds. The van der Waals surface area contributed by atoms with E-state index < -0.39 is 11.6 Å². The molecule has 0 spiro atoms. The van der Waals surface area contributed by atoms with Gasteiger partial charge in [-0.25, -0.2) is 0 Å². The van der Waals surface area contributed by atoms with E-state index in [1.165, 1.54) is 0 Å². The van der Waals surface area contributed by atoms with Gasteiger partial charge in [0, 0.05) is 13.7 Å². The third kappa shape index (κ3) is 2.43. The number of nitrogens with one attached hydrogen (secondary N) is 1. The number of carbonyl (C=O) groups excluding carboxylic acids is 2. The lowest BCUT2D eigenvalue weighted by Gasteiger charge is -2.47. The molecule has 0 bridgehead atoms. The van der Waals surface area contributed by atoms with Crippen LogP contribution >= 0.6 is 0 Å². The van der Waals surface area contributed by atoms with Gasteiger partial charge in [0.15, 0.2) is 0 Å². The van der Waals surface area contributed by atoms with E-state index in [0.29, 0.717) is 19.1 Å². The van der Waals surface area contributed by atoms with Crippen molar-refractivity contribution in [2.24, 2.45) is 11.8 Å². The first-order valence-corrected chi connectivity index (χ1v) is 7.58. The summed E-state index contributed by atoms with van der Waals surface area (Å²) < 4.78 is 5.12. The van der Waals surface area contributed by atoms with Gasteiger partial charge in [-0.1, -0.05) is 20.3 Å². The monoisotopic (exact) mass is 282 g/mol. The molecule has 0 aromatic rings. The van der Waals surface area contributed by atoms with Crippen LogP contribution in [-0.4, -0.2) is 48.6 Å².